The van der Waals surface area contributed by atoms with E-state index in [1.165, 1.54) is 0 Å². The summed E-state index contributed by atoms with van der Waals surface area (Å²) in [5, 5.41) is 11.3. The number of amides is 1. The summed E-state index contributed by atoms with van der Waals surface area (Å²) in [6.45, 7) is 1.38. The van der Waals surface area contributed by atoms with Crippen molar-refractivity contribution in [2.24, 2.45) is 4.99 Å². The SMILES string of the molecule is CN=C(NC=O)N1CC=C(CO)C1. The number of carbonyl (C=O) groups is 1. The van der Waals surface area contributed by atoms with Gasteiger partial charge in [0.1, 0.15) is 0 Å². The van der Waals surface area contributed by atoms with E-state index in [4.69, 9.17) is 5.11 Å². The lowest BCUT2D eigenvalue weighted by Crippen LogP contribution is -2.39. The Morgan fingerprint density at radius 1 is 1.92 bits per heavy atom. The third-order valence-corrected chi connectivity index (χ3v) is 1.90. The van der Waals surface area contributed by atoms with E-state index in [-0.39, 0.29) is 6.61 Å². The molecular weight excluding hydrogens is 170 g/mol. The average Bonchev–Trinajstić information content (AvgIpc) is 2.62. The third-order valence-electron chi connectivity index (χ3n) is 1.90. The zero-order chi connectivity index (χ0) is 9.68. The van der Waals surface area contributed by atoms with Gasteiger partial charge in [-0.15, -0.1) is 0 Å². The van der Waals surface area contributed by atoms with Crippen LogP contribution in [0.3, 0.4) is 0 Å². The molecule has 1 rings (SSSR count). The molecule has 0 atom stereocenters. The third kappa shape index (κ3) is 2.29. The molecule has 0 fully saturated rings. The molecule has 13 heavy (non-hydrogen) atoms. The molecule has 0 spiro atoms. The molecule has 5 nitrogen and oxygen atoms in total. The molecular formula is C8H13N3O2. The molecule has 0 saturated carbocycles. The van der Waals surface area contributed by atoms with Crippen molar-refractivity contribution in [2.45, 2.75) is 0 Å². The van der Waals surface area contributed by atoms with E-state index in [9.17, 15) is 4.79 Å². The first-order valence-electron chi connectivity index (χ1n) is 4.02. The first kappa shape index (κ1) is 9.73. The van der Waals surface area contributed by atoms with E-state index in [2.05, 4.69) is 10.3 Å². The molecule has 1 amide bonds. The zero-order valence-electron chi connectivity index (χ0n) is 7.53. The highest BCUT2D eigenvalue weighted by Gasteiger charge is 2.16. The highest BCUT2D eigenvalue weighted by molar-refractivity contribution is 5.89. The quantitative estimate of drug-likeness (QED) is 0.248. The summed E-state index contributed by atoms with van der Waals surface area (Å²) >= 11 is 0. The second-order valence-corrected chi connectivity index (χ2v) is 2.71. The predicted molar refractivity (Wildman–Crippen MR) is 49.3 cm³/mol. The number of nitrogens with zero attached hydrogens (tertiary/aromatic N) is 2. The van der Waals surface area contributed by atoms with Crippen molar-refractivity contribution in [1.82, 2.24) is 10.2 Å². The van der Waals surface area contributed by atoms with Crippen molar-refractivity contribution in [3.8, 4) is 0 Å². The van der Waals surface area contributed by atoms with Gasteiger partial charge in [-0.1, -0.05) is 6.08 Å². The van der Waals surface area contributed by atoms with Crippen LogP contribution in [0.2, 0.25) is 0 Å². The number of aliphatic imine (C=N–C) groups is 1. The number of hydrogen-bond acceptors (Lipinski definition) is 3. The normalized spacial score (nSPS) is 17.2. The second kappa shape index (κ2) is 4.61. The van der Waals surface area contributed by atoms with Crippen LogP contribution in [0.4, 0.5) is 0 Å². The molecule has 0 aromatic carbocycles. The lowest BCUT2D eigenvalue weighted by atomic mass is 10.3. The molecule has 72 valence electrons. The molecule has 0 aromatic rings. The Balaban J connectivity index is 2.52. The lowest BCUT2D eigenvalue weighted by Gasteiger charge is -2.18. The van der Waals surface area contributed by atoms with Crippen LogP contribution in [0.25, 0.3) is 0 Å². The summed E-state index contributed by atoms with van der Waals surface area (Å²) in [6, 6.07) is 0. The number of guanidine groups is 1. The Morgan fingerprint density at radius 2 is 2.69 bits per heavy atom. The maximum Gasteiger partial charge on any atom is 0.213 e. The molecule has 0 bridgehead atoms. The monoisotopic (exact) mass is 183 g/mol. The molecule has 0 saturated heterocycles. The fourth-order valence-electron chi connectivity index (χ4n) is 1.24. The molecule has 0 unspecified atom stereocenters. The van der Waals surface area contributed by atoms with Gasteiger partial charge in [0.25, 0.3) is 0 Å². The van der Waals surface area contributed by atoms with Gasteiger partial charge in [-0.25, -0.2) is 0 Å². The van der Waals surface area contributed by atoms with E-state index in [1.807, 2.05) is 11.0 Å². The van der Waals surface area contributed by atoms with Gasteiger partial charge in [0, 0.05) is 20.1 Å². The topological polar surface area (TPSA) is 64.9 Å². The van der Waals surface area contributed by atoms with Crippen molar-refractivity contribution < 1.29 is 9.90 Å². The van der Waals surface area contributed by atoms with Crippen LogP contribution >= 0.6 is 0 Å². The molecule has 0 aliphatic carbocycles. The number of carbonyl (C=O) groups excluding carboxylic acids is 1. The summed E-state index contributed by atoms with van der Waals surface area (Å²) < 4.78 is 0. The van der Waals surface area contributed by atoms with Gasteiger partial charge in [-0.3, -0.25) is 15.1 Å². The van der Waals surface area contributed by atoms with Gasteiger partial charge in [-0.2, -0.15) is 0 Å². The summed E-state index contributed by atoms with van der Waals surface area (Å²) in [4.78, 5) is 16.0. The number of nitrogens with one attached hydrogen (secondary N) is 1. The molecule has 0 radical (unpaired) electrons. The van der Waals surface area contributed by atoms with E-state index >= 15 is 0 Å². The standard InChI is InChI=1S/C8H13N3O2/c1-9-8(10-6-13)11-3-2-7(4-11)5-12/h2,6,12H,3-5H2,1H3,(H,9,10,13). The van der Waals surface area contributed by atoms with E-state index < -0.39 is 0 Å². The summed E-state index contributed by atoms with van der Waals surface area (Å²) in [7, 11) is 1.61. The Hall–Kier alpha value is -1.36. The van der Waals surface area contributed by atoms with Gasteiger partial charge in [0.05, 0.1) is 6.61 Å². The highest BCUT2D eigenvalue weighted by Crippen LogP contribution is 2.07. The maximum atomic E-state index is 10.2. The van der Waals surface area contributed by atoms with Gasteiger partial charge in [0.2, 0.25) is 12.4 Å². The van der Waals surface area contributed by atoms with Crippen molar-refractivity contribution in [2.75, 3.05) is 26.7 Å². The number of hydrogen-bond donors (Lipinski definition) is 2. The molecule has 1 heterocycles. The van der Waals surface area contributed by atoms with Crippen LogP contribution in [0.5, 0.6) is 0 Å². The van der Waals surface area contributed by atoms with Crippen LogP contribution in [0, 0.1) is 0 Å². The smallest absolute Gasteiger partial charge is 0.213 e. The summed E-state index contributed by atoms with van der Waals surface area (Å²) in [5.74, 6) is 0.537. The molecule has 0 aromatic heterocycles. The number of rotatable bonds is 2. The van der Waals surface area contributed by atoms with Crippen molar-refractivity contribution in [3.05, 3.63) is 11.6 Å². The largest absolute Gasteiger partial charge is 0.392 e. The predicted octanol–water partition coefficient (Wildman–Crippen LogP) is -1.05. The van der Waals surface area contributed by atoms with Crippen LogP contribution < -0.4 is 5.32 Å². The first-order chi connectivity index (χ1) is 6.31. The maximum absolute atomic E-state index is 10.2. The lowest BCUT2D eigenvalue weighted by molar-refractivity contribution is -0.108. The first-order valence-corrected chi connectivity index (χ1v) is 4.02. The van der Waals surface area contributed by atoms with Crippen LogP contribution in [-0.2, 0) is 4.79 Å². The Morgan fingerprint density at radius 3 is 3.15 bits per heavy atom. The van der Waals surface area contributed by atoms with Gasteiger partial charge < -0.3 is 10.0 Å². The summed E-state index contributed by atoms with van der Waals surface area (Å²) in [5.41, 5.74) is 0.953. The molecule has 1 aliphatic heterocycles. The van der Waals surface area contributed by atoms with Crippen molar-refractivity contribution in [3.63, 3.8) is 0 Å². The van der Waals surface area contributed by atoms with Gasteiger partial charge in [-0.05, 0) is 5.57 Å². The number of aliphatic hydroxyl groups excluding tert-OH is 1. The van der Waals surface area contributed by atoms with Crippen LogP contribution in [0.1, 0.15) is 0 Å². The minimum atomic E-state index is 0.0641. The van der Waals surface area contributed by atoms with E-state index in [0.29, 0.717) is 25.5 Å². The molecule has 1 aliphatic rings. The van der Waals surface area contributed by atoms with Gasteiger partial charge in [0.15, 0.2) is 0 Å². The summed E-state index contributed by atoms with van der Waals surface area (Å²) in [6.07, 6.45) is 2.52. The van der Waals surface area contributed by atoms with Crippen molar-refractivity contribution in [1.29, 1.82) is 0 Å². The van der Waals surface area contributed by atoms with Crippen molar-refractivity contribution >= 4 is 12.4 Å². The van der Waals surface area contributed by atoms with Crippen LogP contribution in [-0.4, -0.2) is 49.1 Å². The minimum absolute atomic E-state index is 0.0641. The molecule has 2 N–H and O–H groups in total. The minimum Gasteiger partial charge on any atom is -0.392 e. The van der Waals surface area contributed by atoms with E-state index in [1.54, 1.807) is 7.05 Å². The molecule has 5 heteroatoms. The van der Waals surface area contributed by atoms with E-state index in [0.717, 1.165) is 5.57 Å². The van der Waals surface area contributed by atoms with Gasteiger partial charge >= 0.3 is 0 Å². The Bertz CT molecular complexity index is 248. The Labute approximate surface area is 76.8 Å². The zero-order valence-corrected chi connectivity index (χ0v) is 7.53. The fourth-order valence-corrected chi connectivity index (χ4v) is 1.24. The number of aliphatic hydroxyl groups is 1. The second-order valence-electron chi connectivity index (χ2n) is 2.71. The van der Waals surface area contributed by atoms with Crippen LogP contribution in [0.15, 0.2) is 16.6 Å². The Kier molecular flexibility index (Phi) is 3.45. The average molecular weight is 183 g/mol. The highest BCUT2D eigenvalue weighted by atomic mass is 16.3. The fraction of sp³-hybridized carbons (Fsp3) is 0.500.